The molecule has 10 aromatic carbocycles. The molecular formula is C65H48N2. The predicted octanol–water partition coefficient (Wildman–Crippen LogP) is 17.1. The van der Waals surface area contributed by atoms with Crippen LogP contribution in [0.2, 0.25) is 0 Å². The van der Waals surface area contributed by atoms with Crippen LogP contribution in [0.5, 0.6) is 0 Å². The van der Waals surface area contributed by atoms with E-state index in [4.69, 9.17) is 0 Å². The van der Waals surface area contributed by atoms with E-state index < -0.39 is 5.41 Å². The van der Waals surface area contributed by atoms with E-state index in [0.717, 1.165) is 46.7 Å². The minimum Gasteiger partial charge on any atom is -0.310 e. The Bertz CT molecular complexity index is 3540. The minimum absolute atomic E-state index is 0.443. The van der Waals surface area contributed by atoms with Gasteiger partial charge >= 0.3 is 0 Å². The molecule has 0 saturated carbocycles. The van der Waals surface area contributed by atoms with Crippen molar-refractivity contribution in [2.45, 2.75) is 18.3 Å². The number of fused-ring (bicyclic) bond motifs is 7. The van der Waals surface area contributed by atoms with E-state index in [1.54, 1.807) is 0 Å². The fourth-order valence-electron chi connectivity index (χ4n) is 10.9. The number of benzene rings is 10. The molecule has 1 heterocycles. The molecule has 11 aromatic rings. The maximum atomic E-state index is 4.08. The molecule has 1 aromatic heterocycles. The number of rotatable bonds is 11. The molecule has 0 bridgehead atoms. The number of anilines is 3. The second-order valence-corrected chi connectivity index (χ2v) is 17.9. The smallest absolute Gasteiger partial charge is 0.0541 e. The highest BCUT2D eigenvalue weighted by molar-refractivity contribution is 6.09. The summed E-state index contributed by atoms with van der Waals surface area (Å²) in [5, 5.41) is 5.02. The molecule has 2 heteroatoms. The maximum absolute atomic E-state index is 4.08. The summed E-state index contributed by atoms with van der Waals surface area (Å²) < 4.78 is 2.46. The van der Waals surface area contributed by atoms with Crippen LogP contribution < -0.4 is 4.90 Å². The number of hydrogen-bond acceptors (Lipinski definition) is 1. The van der Waals surface area contributed by atoms with E-state index in [2.05, 4.69) is 253 Å². The third-order valence-corrected chi connectivity index (χ3v) is 14.1. The molecule has 12 rings (SSSR count). The van der Waals surface area contributed by atoms with E-state index in [0.29, 0.717) is 0 Å². The second kappa shape index (κ2) is 16.5. The van der Waals surface area contributed by atoms with E-state index in [1.807, 2.05) is 12.2 Å². The highest BCUT2D eigenvalue weighted by Crippen LogP contribution is 2.55. The van der Waals surface area contributed by atoms with Crippen LogP contribution in [-0.4, -0.2) is 4.57 Å². The average molecular weight is 857 g/mol. The van der Waals surface area contributed by atoms with Crippen molar-refractivity contribution < 1.29 is 0 Å². The Kier molecular flexibility index (Phi) is 9.88. The Morgan fingerprint density at radius 1 is 0.403 bits per heavy atom. The van der Waals surface area contributed by atoms with Crippen molar-refractivity contribution in [3.05, 3.63) is 277 Å². The summed E-state index contributed by atoms with van der Waals surface area (Å²) in [5.41, 5.74) is 18.9. The van der Waals surface area contributed by atoms with Crippen molar-refractivity contribution in [3.8, 4) is 27.9 Å². The van der Waals surface area contributed by atoms with Crippen molar-refractivity contribution in [1.82, 2.24) is 4.57 Å². The number of nitrogens with zero attached hydrogens (tertiary/aromatic N) is 2. The van der Waals surface area contributed by atoms with Gasteiger partial charge in [-0.05, 0) is 140 Å². The van der Waals surface area contributed by atoms with Crippen LogP contribution in [0.25, 0.3) is 72.7 Å². The number of para-hydroxylation sites is 3. The van der Waals surface area contributed by atoms with E-state index >= 15 is 0 Å². The summed E-state index contributed by atoms with van der Waals surface area (Å²) in [7, 11) is 0. The van der Waals surface area contributed by atoms with Gasteiger partial charge in [0.15, 0.2) is 0 Å². The molecule has 0 fully saturated rings. The van der Waals surface area contributed by atoms with Crippen LogP contribution in [0.15, 0.2) is 244 Å². The second-order valence-electron chi connectivity index (χ2n) is 17.9. The van der Waals surface area contributed by atoms with Crippen LogP contribution in [0.3, 0.4) is 0 Å². The van der Waals surface area contributed by atoms with Gasteiger partial charge in [0.05, 0.1) is 11.0 Å². The summed E-state index contributed by atoms with van der Waals surface area (Å²) in [6.07, 6.45) is 5.47. The van der Waals surface area contributed by atoms with Gasteiger partial charge in [0.25, 0.3) is 0 Å². The summed E-state index contributed by atoms with van der Waals surface area (Å²) in [4.78, 5) is 2.42. The molecule has 67 heavy (non-hydrogen) atoms. The van der Waals surface area contributed by atoms with Gasteiger partial charge in [-0.15, -0.1) is 0 Å². The van der Waals surface area contributed by atoms with Crippen LogP contribution in [0.1, 0.15) is 33.4 Å². The van der Waals surface area contributed by atoms with Gasteiger partial charge in [0, 0.05) is 38.9 Å². The van der Waals surface area contributed by atoms with Gasteiger partial charge in [0.2, 0.25) is 0 Å². The molecule has 2 nitrogen and oxygen atoms in total. The van der Waals surface area contributed by atoms with Gasteiger partial charge < -0.3 is 9.47 Å². The zero-order valence-electron chi connectivity index (χ0n) is 37.3. The standard InChI is InChI=1S/C65H48N2/c1-3-45-25-29-47(30-26-45)43-65(44-48-31-27-46(4-2)28-32-48)61-41-53(66(51-17-6-5-7-18-51)52-35-33-50(34-36-52)56-22-14-16-49-15-8-9-19-55(49)56)37-39-57(61)58-40-38-54(42-62(58)65)67-63-23-12-10-20-59(63)60-21-11-13-24-64(60)67/h3-42H,1-2,43-44H2. The molecule has 0 unspecified atom stereocenters. The topological polar surface area (TPSA) is 8.17 Å². The van der Waals surface area contributed by atoms with Crippen LogP contribution in [-0.2, 0) is 18.3 Å². The predicted molar refractivity (Wildman–Crippen MR) is 285 cm³/mol. The van der Waals surface area contributed by atoms with Crippen molar-refractivity contribution in [3.63, 3.8) is 0 Å². The monoisotopic (exact) mass is 856 g/mol. The third kappa shape index (κ3) is 6.89. The quantitative estimate of drug-likeness (QED) is 0.126. The first-order valence-corrected chi connectivity index (χ1v) is 23.2. The molecule has 0 amide bonds. The highest BCUT2D eigenvalue weighted by Gasteiger charge is 2.44. The zero-order valence-corrected chi connectivity index (χ0v) is 37.3. The Balaban J connectivity index is 1.07. The highest BCUT2D eigenvalue weighted by atomic mass is 15.1. The number of aromatic nitrogens is 1. The third-order valence-electron chi connectivity index (χ3n) is 14.1. The molecule has 1 aliphatic rings. The van der Waals surface area contributed by atoms with Crippen molar-refractivity contribution >= 4 is 61.8 Å². The SMILES string of the molecule is C=Cc1ccc(CC2(Cc3ccc(C=C)cc3)c3cc(N(c4ccccc4)c4ccc(-c5cccc6ccccc56)cc4)ccc3-c3ccc(-n4c5ccccc5c5ccccc54)cc32)cc1. The Morgan fingerprint density at radius 3 is 1.54 bits per heavy atom. The van der Waals surface area contributed by atoms with Crippen LogP contribution in [0.4, 0.5) is 17.1 Å². The van der Waals surface area contributed by atoms with Crippen molar-refractivity contribution in [2.75, 3.05) is 4.90 Å². The fraction of sp³-hybridized carbons (Fsp3) is 0.0462. The number of hydrogen-bond donors (Lipinski definition) is 0. The first kappa shape index (κ1) is 40.1. The maximum Gasteiger partial charge on any atom is 0.0541 e. The molecule has 318 valence electrons. The first-order valence-electron chi connectivity index (χ1n) is 23.2. The molecule has 0 radical (unpaired) electrons. The van der Waals surface area contributed by atoms with Gasteiger partial charge in [-0.2, -0.15) is 0 Å². The summed E-state index contributed by atoms with van der Waals surface area (Å²) in [6.45, 7) is 8.16. The lowest BCUT2D eigenvalue weighted by molar-refractivity contribution is 0.520. The molecule has 0 saturated heterocycles. The summed E-state index contributed by atoms with van der Waals surface area (Å²) >= 11 is 0. The molecule has 0 aliphatic heterocycles. The Morgan fingerprint density at radius 2 is 0.910 bits per heavy atom. The zero-order chi connectivity index (χ0) is 44.9. The largest absolute Gasteiger partial charge is 0.310 e. The normalized spacial score (nSPS) is 12.5. The van der Waals surface area contributed by atoms with E-state index in [9.17, 15) is 0 Å². The van der Waals surface area contributed by atoms with Gasteiger partial charge in [0.1, 0.15) is 0 Å². The first-order chi connectivity index (χ1) is 33.1. The average Bonchev–Trinajstić information content (AvgIpc) is 3.86. The van der Waals surface area contributed by atoms with Crippen molar-refractivity contribution in [2.24, 2.45) is 0 Å². The summed E-state index contributed by atoms with van der Waals surface area (Å²) in [6, 6.07) is 85.2. The van der Waals surface area contributed by atoms with Gasteiger partial charge in [-0.3, -0.25) is 0 Å². The lowest BCUT2D eigenvalue weighted by atomic mass is 9.69. The molecule has 0 atom stereocenters. The molecule has 0 N–H and O–H groups in total. The Hall–Kier alpha value is -8.46. The van der Waals surface area contributed by atoms with Crippen molar-refractivity contribution in [1.29, 1.82) is 0 Å². The minimum atomic E-state index is -0.443. The van der Waals surface area contributed by atoms with Gasteiger partial charge in [-0.1, -0.05) is 195 Å². The Labute approximate surface area is 392 Å². The van der Waals surface area contributed by atoms with E-state index in [1.165, 1.54) is 77.1 Å². The lowest BCUT2D eigenvalue weighted by Gasteiger charge is -2.34. The lowest BCUT2D eigenvalue weighted by Crippen LogP contribution is -2.31. The summed E-state index contributed by atoms with van der Waals surface area (Å²) in [5.74, 6) is 0. The fourth-order valence-corrected chi connectivity index (χ4v) is 10.9. The van der Waals surface area contributed by atoms with Gasteiger partial charge in [-0.25, -0.2) is 0 Å². The van der Waals surface area contributed by atoms with E-state index in [-0.39, 0.29) is 0 Å². The van der Waals surface area contributed by atoms with Crippen LogP contribution in [0, 0.1) is 0 Å². The molecule has 1 aliphatic carbocycles. The molecular weight excluding hydrogens is 809 g/mol. The molecule has 0 spiro atoms. The van der Waals surface area contributed by atoms with Crippen LogP contribution >= 0.6 is 0 Å².